The molecule has 0 aliphatic rings. The summed E-state index contributed by atoms with van der Waals surface area (Å²) < 4.78 is 40.0. The monoisotopic (exact) mass is 291 g/mol. The first-order valence-corrected chi connectivity index (χ1v) is 5.34. The first-order valence-electron chi connectivity index (χ1n) is 5.34. The summed E-state index contributed by atoms with van der Waals surface area (Å²) in [5, 5.41) is 1.56. The summed E-state index contributed by atoms with van der Waals surface area (Å²) in [6, 6.07) is 3.95. The Bertz CT molecular complexity index is 497. The van der Waals surface area contributed by atoms with Crippen molar-refractivity contribution in [2.24, 2.45) is 0 Å². The van der Waals surface area contributed by atoms with Gasteiger partial charge >= 0.3 is 12.1 Å². The highest BCUT2D eigenvalue weighted by Gasteiger charge is 2.27. The Kier molecular flexibility index (Phi) is 4.78. The van der Waals surface area contributed by atoms with Gasteiger partial charge in [-0.05, 0) is 18.2 Å². The molecular weight excluding hydrogens is 279 g/mol. The second-order valence-electron chi connectivity index (χ2n) is 3.86. The lowest BCUT2D eigenvalue weighted by Gasteiger charge is -2.09. The summed E-state index contributed by atoms with van der Waals surface area (Å²) in [6.07, 6.45) is -4.53. The predicted molar refractivity (Wildman–Crippen MR) is 64.6 cm³/mol. The maximum atomic E-state index is 11.8. The molecule has 1 rings (SSSR count). The third-order valence-electron chi connectivity index (χ3n) is 2.03. The van der Waals surface area contributed by atoms with Crippen molar-refractivity contribution in [3.63, 3.8) is 0 Å². The zero-order valence-electron chi connectivity index (χ0n) is 10.2. The lowest BCUT2D eigenvalue weighted by atomic mass is 10.2. The van der Waals surface area contributed by atoms with Crippen LogP contribution >= 0.6 is 0 Å². The van der Waals surface area contributed by atoms with Crippen LogP contribution in [0.5, 0.6) is 0 Å². The molecule has 0 aliphatic carbocycles. The molecule has 0 bridgehead atoms. The fourth-order valence-electron chi connectivity index (χ4n) is 1.26. The van der Waals surface area contributed by atoms with Gasteiger partial charge in [0.1, 0.15) is 6.54 Å². The topological polar surface area (TPSA) is 107 Å². The van der Waals surface area contributed by atoms with Crippen molar-refractivity contribution in [2.45, 2.75) is 6.18 Å². The van der Waals surface area contributed by atoms with Crippen molar-refractivity contribution in [3.8, 4) is 0 Å². The van der Waals surface area contributed by atoms with Crippen molar-refractivity contribution in [2.75, 3.05) is 24.6 Å². The molecule has 0 saturated carbocycles. The Morgan fingerprint density at radius 3 is 2.20 bits per heavy atom. The standard InChI is InChI=1S/C11H12F3N3O3/c12-11(13,14)5-17-9(18)4-20-10(19)6-1-7(15)3-8(16)2-6/h1-3H,4-5,15-16H2,(H,17,18). The van der Waals surface area contributed by atoms with E-state index < -0.39 is 31.2 Å². The van der Waals surface area contributed by atoms with Crippen LogP contribution in [0.3, 0.4) is 0 Å². The zero-order valence-corrected chi connectivity index (χ0v) is 10.2. The van der Waals surface area contributed by atoms with Crippen LogP contribution in [0.15, 0.2) is 18.2 Å². The van der Waals surface area contributed by atoms with Crippen molar-refractivity contribution >= 4 is 23.3 Å². The quantitative estimate of drug-likeness (QED) is 0.558. The number of rotatable bonds is 4. The molecule has 0 radical (unpaired) electrons. The number of hydrogen-bond donors (Lipinski definition) is 3. The van der Waals surface area contributed by atoms with Gasteiger partial charge in [0, 0.05) is 11.4 Å². The largest absolute Gasteiger partial charge is 0.452 e. The molecule has 110 valence electrons. The van der Waals surface area contributed by atoms with Gasteiger partial charge in [0.25, 0.3) is 5.91 Å². The Balaban J connectivity index is 2.49. The molecule has 1 aromatic rings. The number of nitrogens with one attached hydrogen (secondary N) is 1. The molecule has 1 aromatic carbocycles. The van der Waals surface area contributed by atoms with Crippen molar-refractivity contribution < 1.29 is 27.5 Å². The number of carbonyl (C=O) groups excluding carboxylic acids is 2. The lowest BCUT2D eigenvalue weighted by molar-refractivity contribution is -0.140. The van der Waals surface area contributed by atoms with Gasteiger partial charge in [0.15, 0.2) is 6.61 Å². The summed E-state index contributed by atoms with van der Waals surface area (Å²) in [5.74, 6) is -1.97. The van der Waals surface area contributed by atoms with Crippen LogP contribution < -0.4 is 16.8 Å². The van der Waals surface area contributed by atoms with Crippen LogP contribution in [-0.2, 0) is 9.53 Å². The second kappa shape index (κ2) is 6.13. The normalized spacial score (nSPS) is 10.9. The minimum atomic E-state index is -4.53. The third-order valence-corrected chi connectivity index (χ3v) is 2.03. The number of esters is 1. The van der Waals surface area contributed by atoms with Gasteiger partial charge in [-0.1, -0.05) is 0 Å². The number of nitrogens with two attached hydrogens (primary N) is 2. The van der Waals surface area contributed by atoms with Gasteiger partial charge in [-0.2, -0.15) is 13.2 Å². The maximum Gasteiger partial charge on any atom is 0.405 e. The van der Waals surface area contributed by atoms with Gasteiger partial charge in [0.05, 0.1) is 5.56 Å². The van der Waals surface area contributed by atoms with Crippen LogP contribution in [0.1, 0.15) is 10.4 Å². The predicted octanol–water partition coefficient (Wildman–Crippen LogP) is 0.686. The molecule has 6 nitrogen and oxygen atoms in total. The van der Waals surface area contributed by atoms with Crippen LogP contribution in [0, 0.1) is 0 Å². The van der Waals surface area contributed by atoms with E-state index in [-0.39, 0.29) is 16.9 Å². The van der Waals surface area contributed by atoms with E-state index in [0.29, 0.717) is 0 Å². The van der Waals surface area contributed by atoms with Gasteiger partial charge in [-0.3, -0.25) is 4.79 Å². The fraction of sp³-hybridized carbons (Fsp3) is 0.273. The Hall–Kier alpha value is -2.45. The smallest absolute Gasteiger partial charge is 0.405 e. The number of hydrogen-bond acceptors (Lipinski definition) is 5. The highest BCUT2D eigenvalue weighted by atomic mass is 19.4. The average molecular weight is 291 g/mol. The van der Waals surface area contributed by atoms with Gasteiger partial charge in [-0.15, -0.1) is 0 Å². The molecule has 0 fully saturated rings. The van der Waals surface area contributed by atoms with Crippen molar-refractivity contribution in [1.29, 1.82) is 0 Å². The summed E-state index contributed by atoms with van der Waals surface area (Å²) >= 11 is 0. The highest BCUT2D eigenvalue weighted by molar-refractivity contribution is 5.93. The van der Waals surface area contributed by atoms with E-state index in [1.165, 1.54) is 18.2 Å². The van der Waals surface area contributed by atoms with E-state index in [2.05, 4.69) is 4.74 Å². The molecular formula is C11H12F3N3O3. The fourth-order valence-corrected chi connectivity index (χ4v) is 1.26. The van der Waals surface area contributed by atoms with Crippen LogP contribution in [0.4, 0.5) is 24.5 Å². The number of ether oxygens (including phenoxy) is 1. The summed E-state index contributed by atoms with van der Waals surface area (Å²) in [6.45, 7) is -2.32. The number of alkyl halides is 3. The molecule has 0 atom stereocenters. The Morgan fingerprint density at radius 1 is 1.15 bits per heavy atom. The van der Waals surface area contributed by atoms with E-state index >= 15 is 0 Å². The van der Waals surface area contributed by atoms with E-state index in [0.717, 1.165) is 0 Å². The average Bonchev–Trinajstić information content (AvgIpc) is 2.31. The van der Waals surface area contributed by atoms with Gasteiger partial charge in [0.2, 0.25) is 0 Å². The number of carbonyl (C=O) groups is 2. The highest BCUT2D eigenvalue weighted by Crippen LogP contribution is 2.14. The second-order valence-corrected chi connectivity index (χ2v) is 3.86. The molecule has 0 unspecified atom stereocenters. The molecule has 9 heteroatoms. The first-order chi connectivity index (χ1) is 9.17. The summed E-state index contributed by atoms with van der Waals surface area (Å²) in [4.78, 5) is 22.5. The number of amides is 1. The van der Waals surface area contributed by atoms with E-state index in [4.69, 9.17) is 11.5 Å². The zero-order chi connectivity index (χ0) is 15.3. The SMILES string of the molecule is Nc1cc(N)cc(C(=O)OCC(=O)NCC(F)(F)F)c1. The molecule has 0 spiro atoms. The number of halogens is 3. The first kappa shape index (κ1) is 15.6. The molecule has 0 aromatic heterocycles. The molecule has 0 heterocycles. The van der Waals surface area contributed by atoms with Crippen molar-refractivity contribution in [3.05, 3.63) is 23.8 Å². The molecule has 0 saturated heterocycles. The van der Waals surface area contributed by atoms with E-state index in [1.807, 2.05) is 0 Å². The number of anilines is 2. The summed E-state index contributed by atoms with van der Waals surface area (Å²) in [7, 11) is 0. The minimum Gasteiger partial charge on any atom is -0.452 e. The van der Waals surface area contributed by atoms with Crippen LogP contribution in [-0.4, -0.2) is 31.2 Å². The maximum absolute atomic E-state index is 11.8. The molecule has 5 N–H and O–H groups in total. The van der Waals surface area contributed by atoms with Crippen LogP contribution in [0.25, 0.3) is 0 Å². The van der Waals surface area contributed by atoms with Gasteiger partial charge < -0.3 is 21.5 Å². The number of benzene rings is 1. The van der Waals surface area contributed by atoms with E-state index in [9.17, 15) is 22.8 Å². The Labute approximate surface area is 111 Å². The lowest BCUT2D eigenvalue weighted by Crippen LogP contribution is -2.36. The molecule has 20 heavy (non-hydrogen) atoms. The number of nitrogen functional groups attached to an aromatic ring is 2. The molecule has 1 amide bonds. The van der Waals surface area contributed by atoms with Crippen LogP contribution in [0.2, 0.25) is 0 Å². The summed E-state index contributed by atoms with van der Waals surface area (Å²) in [5.41, 5.74) is 11.4. The van der Waals surface area contributed by atoms with Gasteiger partial charge in [-0.25, -0.2) is 4.79 Å². The van der Waals surface area contributed by atoms with E-state index in [1.54, 1.807) is 5.32 Å². The molecule has 0 aliphatic heterocycles. The minimum absolute atomic E-state index is 0.00567. The van der Waals surface area contributed by atoms with Crippen molar-refractivity contribution in [1.82, 2.24) is 5.32 Å². The third kappa shape index (κ3) is 5.46. The Morgan fingerprint density at radius 2 is 1.70 bits per heavy atom.